The lowest BCUT2D eigenvalue weighted by atomic mass is 9.74. The summed E-state index contributed by atoms with van der Waals surface area (Å²) in [5.74, 6) is -3.82. The summed E-state index contributed by atoms with van der Waals surface area (Å²) in [7, 11) is 0. The van der Waals surface area contributed by atoms with Crippen LogP contribution < -0.4 is 10.2 Å². The number of carbonyl (C=O) groups excluding carboxylic acids is 4. The fourth-order valence-corrected chi connectivity index (χ4v) is 8.13. The monoisotopic (exact) mass is 705 g/mol. The van der Waals surface area contributed by atoms with Crippen molar-refractivity contribution < 1.29 is 33.8 Å². The zero-order valence-corrected chi connectivity index (χ0v) is 28.3. The average molecular weight is 707 g/mol. The molecule has 0 aliphatic carbocycles. The molecule has 2 fully saturated rings. The largest absolute Gasteiger partial charge is 0.455 e. The van der Waals surface area contributed by atoms with Crippen molar-refractivity contribution in [3.8, 4) is 0 Å². The second kappa shape index (κ2) is 13.4. The van der Waals surface area contributed by atoms with Gasteiger partial charge in [-0.2, -0.15) is 0 Å². The Morgan fingerprint density at radius 1 is 1.06 bits per heavy atom. The molecule has 6 rings (SSSR count). The first-order valence-corrected chi connectivity index (χ1v) is 17.0. The Bertz CT molecular complexity index is 1620. The number of esters is 1. The molecular formula is C36H40BrN3O7. The molecule has 2 aromatic carbocycles. The maximum Gasteiger partial charge on any atom is 0.313 e. The van der Waals surface area contributed by atoms with Crippen molar-refractivity contribution >= 4 is 45.3 Å². The maximum absolute atomic E-state index is 15.1. The van der Waals surface area contributed by atoms with Crippen molar-refractivity contribution in [1.29, 1.82) is 0 Å². The Morgan fingerprint density at radius 2 is 1.83 bits per heavy atom. The number of halogens is 1. The molecule has 0 radical (unpaired) electrons. The number of rotatable bonds is 5. The van der Waals surface area contributed by atoms with Gasteiger partial charge < -0.3 is 29.7 Å². The molecule has 5 bridgehead atoms. The number of aliphatic hydroxyl groups is 1. The molecule has 0 saturated carbocycles. The molecule has 3 amide bonds. The molecule has 10 nitrogen and oxygen atoms in total. The number of amides is 3. The van der Waals surface area contributed by atoms with Gasteiger partial charge in [-0.05, 0) is 55.5 Å². The highest BCUT2D eigenvalue weighted by atomic mass is 79.9. The number of nitrogens with zero attached hydrogens (tertiary/aromatic N) is 2. The minimum atomic E-state index is -1.48. The van der Waals surface area contributed by atoms with Crippen LogP contribution in [0.5, 0.6) is 0 Å². The number of likely N-dealkylation sites (tertiary alicyclic amines) is 1. The van der Waals surface area contributed by atoms with Crippen LogP contribution in [0.3, 0.4) is 0 Å². The van der Waals surface area contributed by atoms with E-state index >= 15 is 4.79 Å². The molecule has 2 aromatic rings. The normalized spacial score (nSPS) is 30.9. The molecule has 1 spiro atoms. The topological polar surface area (TPSA) is 125 Å². The van der Waals surface area contributed by atoms with Gasteiger partial charge in [-0.25, -0.2) is 0 Å². The van der Waals surface area contributed by atoms with Crippen molar-refractivity contribution in [2.45, 2.75) is 69.9 Å². The van der Waals surface area contributed by atoms with E-state index in [9.17, 15) is 19.5 Å². The number of nitrogens with one attached hydrogen (secondary N) is 1. The summed E-state index contributed by atoms with van der Waals surface area (Å²) >= 11 is 3.59. The summed E-state index contributed by atoms with van der Waals surface area (Å²) in [6.07, 6.45) is 4.85. The first kappa shape index (κ1) is 33.1. The van der Waals surface area contributed by atoms with Crippen LogP contribution in [0.15, 0.2) is 71.2 Å². The van der Waals surface area contributed by atoms with E-state index in [-0.39, 0.29) is 37.9 Å². The van der Waals surface area contributed by atoms with E-state index in [2.05, 4.69) is 21.2 Å². The third kappa shape index (κ3) is 5.83. The highest BCUT2D eigenvalue weighted by Gasteiger charge is 2.75. The van der Waals surface area contributed by atoms with Crippen LogP contribution in [-0.4, -0.2) is 77.2 Å². The zero-order valence-electron chi connectivity index (χ0n) is 26.7. The summed E-state index contributed by atoms with van der Waals surface area (Å²) < 4.78 is 13.3. The summed E-state index contributed by atoms with van der Waals surface area (Å²) in [6.45, 7) is 5.57. The first-order chi connectivity index (χ1) is 22.6. The van der Waals surface area contributed by atoms with Crippen LogP contribution in [0.4, 0.5) is 5.69 Å². The fourth-order valence-electron chi connectivity index (χ4n) is 7.40. The van der Waals surface area contributed by atoms with Gasteiger partial charge in [-0.15, -0.1) is 0 Å². The molecule has 4 heterocycles. The van der Waals surface area contributed by atoms with Crippen molar-refractivity contribution in [3.05, 3.63) is 87.9 Å². The molecule has 7 atom stereocenters. The van der Waals surface area contributed by atoms with E-state index in [1.165, 1.54) is 4.90 Å². The highest BCUT2D eigenvalue weighted by molar-refractivity contribution is 9.11. The van der Waals surface area contributed by atoms with E-state index in [4.69, 9.17) is 9.47 Å². The number of anilines is 1. The zero-order chi connectivity index (χ0) is 33.5. The van der Waals surface area contributed by atoms with Crippen LogP contribution in [0.2, 0.25) is 0 Å². The number of benzene rings is 2. The van der Waals surface area contributed by atoms with Crippen LogP contribution in [0.25, 0.3) is 0 Å². The van der Waals surface area contributed by atoms with Crippen molar-refractivity contribution in [1.82, 2.24) is 10.2 Å². The van der Waals surface area contributed by atoms with Crippen molar-refractivity contribution in [2.24, 2.45) is 11.8 Å². The number of aliphatic hydroxyl groups excluding tert-OH is 1. The number of cyclic esters (lactones) is 1. The Labute approximate surface area is 282 Å². The summed E-state index contributed by atoms with van der Waals surface area (Å²) in [6, 6.07) is 13.1. The van der Waals surface area contributed by atoms with Gasteiger partial charge >= 0.3 is 5.97 Å². The Hall–Kier alpha value is -3.80. The van der Waals surface area contributed by atoms with Gasteiger partial charge in [0.05, 0.1) is 25.1 Å². The minimum absolute atomic E-state index is 0.0490. The van der Waals surface area contributed by atoms with Gasteiger partial charge in [0.15, 0.2) is 0 Å². The van der Waals surface area contributed by atoms with Gasteiger partial charge in [-0.1, -0.05) is 77.5 Å². The Morgan fingerprint density at radius 3 is 2.55 bits per heavy atom. The fraction of sp³-hybridized carbons (Fsp3) is 0.444. The van der Waals surface area contributed by atoms with Gasteiger partial charge in [0, 0.05) is 23.1 Å². The number of fused-ring (bicyclic) bond motifs is 2. The molecule has 2 saturated heterocycles. The second-order valence-electron chi connectivity index (χ2n) is 12.7. The number of aryl methyl sites for hydroxylation is 2. The summed E-state index contributed by atoms with van der Waals surface area (Å²) in [4.78, 5) is 59.8. The number of hydrogen-bond acceptors (Lipinski definition) is 7. The SMILES string of the molecule is CC[C@@H](CO)N1C(=O)[C@@H]2[C@H]3C(=O)O[C@@H](c4ccccc4)CNC(=O)CC/C=C\CN(c4cc(C)ccc4C)C(=O)[C@@H]1[C@]21C=C(Br)[C@H]3O1. The van der Waals surface area contributed by atoms with Crippen LogP contribution in [0.1, 0.15) is 49.0 Å². The van der Waals surface area contributed by atoms with E-state index in [1.54, 1.807) is 11.0 Å². The predicted molar refractivity (Wildman–Crippen MR) is 178 cm³/mol. The molecule has 4 aliphatic heterocycles. The summed E-state index contributed by atoms with van der Waals surface area (Å²) in [5, 5.41) is 13.4. The lowest BCUT2D eigenvalue weighted by Gasteiger charge is -2.38. The third-order valence-corrected chi connectivity index (χ3v) is 10.5. The van der Waals surface area contributed by atoms with E-state index in [0.717, 1.165) is 11.1 Å². The Balaban J connectivity index is 1.49. The van der Waals surface area contributed by atoms with Gasteiger partial charge in [-0.3, -0.25) is 19.2 Å². The molecule has 47 heavy (non-hydrogen) atoms. The number of ether oxygens (including phenoxy) is 2. The quantitative estimate of drug-likeness (QED) is 0.356. The minimum Gasteiger partial charge on any atom is -0.455 e. The lowest BCUT2D eigenvalue weighted by molar-refractivity contribution is -0.160. The van der Waals surface area contributed by atoms with E-state index < -0.39 is 53.6 Å². The van der Waals surface area contributed by atoms with Crippen LogP contribution >= 0.6 is 15.9 Å². The van der Waals surface area contributed by atoms with E-state index in [0.29, 0.717) is 28.6 Å². The van der Waals surface area contributed by atoms with Gasteiger partial charge in [0.1, 0.15) is 29.8 Å². The lowest BCUT2D eigenvalue weighted by Crippen LogP contribution is -2.58. The van der Waals surface area contributed by atoms with Gasteiger partial charge in [0.2, 0.25) is 11.8 Å². The molecule has 4 aliphatic rings. The molecule has 2 N–H and O–H groups in total. The average Bonchev–Trinajstić information content (AvgIpc) is 3.66. The second-order valence-corrected chi connectivity index (χ2v) is 13.6. The predicted octanol–water partition coefficient (Wildman–Crippen LogP) is 4.03. The molecule has 11 heteroatoms. The third-order valence-electron chi connectivity index (χ3n) is 9.77. The highest BCUT2D eigenvalue weighted by Crippen LogP contribution is 2.59. The van der Waals surface area contributed by atoms with Crippen LogP contribution in [0, 0.1) is 25.7 Å². The number of hydrogen-bond donors (Lipinski definition) is 2. The van der Waals surface area contributed by atoms with E-state index in [1.807, 2.05) is 81.5 Å². The van der Waals surface area contributed by atoms with Gasteiger partial charge in [0.25, 0.3) is 5.91 Å². The molecule has 0 unspecified atom stereocenters. The summed E-state index contributed by atoms with van der Waals surface area (Å²) in [5.41, 5.74) is 1.71. The Kier molecular flexibility index (Phi) is 9.42. The smallest absolute Gasteiger partial charge is 0.313 e. The first-order valence-electron chi connectivity index (χ1n) is 16.2. The number of allylic oxidation sites excluding steroid dienone is 1. The molecule has 248 valence electrons. The van der Waals surface area contributed by atoms with Crippen molar-refractivity contribution in [3.63, 3.8) is 0 Å². The van der Waals surface area contributed by atoms with Crippen LogP contribution in [-0.2, 0) is 28.7 Å². The van der Waals surface area contributed by atoms with Crippen molar-refractivity contribution in [2.75, 3.05) is 24.6 Å². The molecular weight excluding hydrogens is 666 g/mol. The molecule has 0 aromatic heterocycles. The number of carbonyl (C=O) groups is 4. The standard InChI is InChI=1S/C36H40BrN3O7/c1-4-24(20-41)40-32-34(44)39(26-17-21(2)14-15-22(26)3)16-10-6-9-13-28(42)38-19-27(23-11-7-5-8-12-23)46-35(45)29-30(33(40)43)36(32)18-25(37)31(29)47-36/h5-8,10-12,14-15,17-18,24,27,29-32,41H,4,9,13,16,19-20H2,1-3H3,(H,38,42)/b10-6-/t24-,27+,29+,30-,31+,32+,36-/m0/s1. The maximum atomic E-state index is 15.1.